The summed E-state index contributed by atoms with van der Waals surface area (Å²) in [5.41, 5.74) is 1.29. The molecular weight excluding hydrogens is 310 g/mol. The molecular formula is C21H33N3O. The highest BCUT2D eigenvalue weighted by Gasteiger charge is 2.19. The molecule has 0 saturated carbocycles. The van der Waals surface area contributed by atoms with Gasteiger partial charge in [0.25, 0.3) is 0 Å². The minimum Gasteiger partial charge on any atom is -0.473 e. The van der Waals surface area contributed by atoms with Gasteiger partial charge in [0.2, 0.25) is 5.88 Å². The van der Waals surface area contributed by atoms with Crippen LogP contribution in [0.4, 0.5) is 0 Å². The fourth-order valence-corrected chi connectivity index (χ4v) is 3.87. The topological polar surface area (TPSA) is 28.6 Å². The Balaban J connectivity index is 1.52. The van der Waals surface area contributed by atoms with E-state index in [1.54, 1.807) is 0 Å². The molecule has 1 atom stereocenters. The van der Waals surface area contributed by atoms with Crippen molar-refractivity contribution in [2.45, 2.75) is 57.6 Å². The molecule has 3 heterocycles. The highest BCUT2D eigenvalue weighted by molar-refractivity contribution is 5.18. The van der Waals surface area contributed by atoms with Crippen molar-refractivity contribution in [2.24, 2.45) is 0 Å². The van der Waals surface area contributed by atoms with E-state index in [4.69, 9.17) is 4.74 Å². The number of ether oxygens (including phenoxy) is 1. The predicted molar refractivity (Wildman–Crippen MR) is 103 cm³/mol. The van der Waals surface area contributed by atoms with Crippen molar-refractivity contribution in [1.82, 2.24) is 14.8 Å². The van der Waals surface area contributed by atoms with Gasteiger partial charge in [0, 0.05) is 25.4 Å². The molecule has 138 valence electrons. The number of aromatic nitrogens is 1. The number of allylic oxidation sites excluding steroid dienone is 1. The van der Waals surface area contributed by atoms with E-state index >= 15 is 0 Å². The van der Waals surface area contributed by atoms with Crippen molar-refractivity contribution in [3.63, 3.8) is 0 Å². The van der Waals surface area contributed by atoms with Crippen LogP contribution in [-0.4, -0.2) is 53.6 Å². The van der Waals surface area contributed by atoms with Gasteiger partial charge in [0.05, 0.1) is 0 Å². The summed E-state index contributed by atoms with van der Waals surface area (Å²) in [7, 11) is 0. The number of rotatable bonds is 9. The Morgan fingerprint density at radius 1 is 1.04 bits per heavy atom. The van der Waals surface area contributed by atoms with E-state index in [1.807, 2.05) is 18.3 Å². The first kappa shape index (κ1) is 18.4. The molecule has 25 heavy (non-hydrogen) atoms. The molecule has 0 radical (unpaired) electrons. The van der Waals surface area contributed by atoms with Crippen molar-refractivity contribution in [2.75, 3.05) is 32.7 Å². The predicted octanol–water partition coefficient (Wildman–Crippen LogP) is 3.88. The zero-order chi connectivity index (χ0) is 17.3. The summed E-state index contributed by atoms with van der Waals surface area (Å²) in [5, 5.41) is 0. The van der Waals surface area contributed by atoms with E-state index in [1.165, 1.54) is 63.8 Å². The molecule has 4 heteroatoms. The van der Waals surface area contributed by atoms with Crippen molar-refractivity contribution in [1.29, 1.82) is 0 Å². The van der Waals surface area contributed by atoms with Crippen molar-refractivity contribution in [3.8, 4) is 5.88 Å². The molecule has 2 aliphatic heterocycles. The third-order valence-corrected chi connectivity index (χ3v) is 5.29. The van der Waals surface area contributed by atoms with Gasteiger partial charge in [-0.1, -0.05) is 18.6 Å². The lowest BCUT2D eigenvalue weighted by Crippen LogP contribution is -2.34. The van der Waals surface area contributed by atoms with Gasteiger partial charge in [0.15, 0.2) is 0 Å². The smallest absolute Gasteiger partial charge is 0.213 e. The van der Waals surface area contributed by atoms with Crippen molar-refractivity contribution in [3.05, 3.63) is 36.5 Å². The number of pyridine rings is 1. The maximum atomic E-state index is 6.21. The average molecular weight is 344 g/mol. The quantitative estimate of drug-likeness (QED) is 0.636. The summed E-state index contributed by atoms with van der Waals surface area (Å²) in [5.74, 6) is 0.760. The Labute approximate surface area is 152 Å². The molecule has 0 spiro atoms. The number of nitrogens with zero attached hydrogens (tertiary/aromatic N) is 3. The van der Waals surface area contributed by atoms with Gasteiger partial charge in [-0.05, 0) is 70.3 Å². The van der Waals surface area contributed by atoms with Crippen LogP contribution >= 0.6 is 0 Å². The van der Waals surface area contributed by atoms with E-state index in [-0.39, 0.29) is 6.10 Å². The summed E-state index contributed by atoms with van der Waals surface area (Å²) >= 11 is 0. The van der Waals surface area contributed by atoms with Crippen molar-refractivity contribution < 1.29 is 4.74 Å². The molecule has 0 amide bonds. The number of likely N-dealkylation sites (tertiary alicyclic amines) is 2. The van der Waals surface area contributed by atoms with Gasteiger partial charge in [-0.15, -0.1) is 6.58 Å². The van der Waals surface area contributed by atoms with Crippen LogP contribution in [0, 0.1) is 0 Å². The summed E-state index contributed by atoms with van der Waals surface area (Å²) in [6.45, 7) is 10.7. The van der Waals surface area contributed by atoms with Crippen LogP contribution in [0.1, 0.15) is 50.5 Å². The Morgan fingerprint density at radius 3 is 2.44 bits per heavy atom. The van der Waals surface area contributed by atoms with Gasteiger partial charge in [-0.3, -0.25) is 9.80 Å². The molecule has 1 aromatic heterocycles. The molecule has 3 rings (SSSR count). The van der Waals surface area contributed by atoms with E-state index in [9.17, 15) is 0 Å². The number of hydrogen-bond acceptors (Lipinski definition) is 4. The molecule has 0 unspecified atom stereocenters. The minimum atomic E-state index is 0.205. The van der Waals surface area contributed by atoms with Crippen LogP contribution in [0.5, 0.6) is 5.88 Å². The highest BCUT2D eigenvalue weighted by Crippen LogP contribution is 2.17. The molecule has 0 N–H and O–H groups in total. The summed E-state index contributed by atoms with van der Waals surface area (Å²) in [6, 6.07) is 4.22. The molecule has 0 aromatic carbocycles. The first-order chi connectivity index (χ1) is 12.3. The van der Waals surface area contributed by atoms with E-state index < -0.39 is 0 Å². The summed E-state index contributed by atoms with van der Waals surface area (Å²) in [4.78, 5) is 9.61. The summed E-state index contributed by atoms with van der Waals surface area (Å²) in [6.07, 6.45) is 12.9. The zero-order valence-electron chi connectivity index (χ0n) is 15.5. The van der Waals surface area contributed by atoms with Gasteiger partial charge in [-0.25, -0.2) is 4.98 Å². The second-order valence-electron chi connectivity index (χ2n) is 7.46. The average Bonchev–Trinajstić information content (AvgIpc) is 3.15. The SMILES string of the molecule is C=CCC[C@H](CN1CCCC1)Oc1ccc(CN2CCCCC2)cn1. The largest absolute Gasteiger partial charge is 0.473 e. The third-order valence-electron chi connectivity index (χ3n) is 5.29. The third kappa shape index (κ3) is 6.12. The monoisotopic (exact) mass is 343 g/mol. The Bertz CT molecular complexity index is 504. The minimum absolute atomic E-state index is 0.205. The first-order valence-electron chi connectivity index (χ1n) is 10.0. The molecule has 1 aromatic rings. The standard InChI is InChI=1S/C21H33N3O/c1-2-3-9-20(18-24-14-7-8-15-24)25-21-11-10-19(16-22-21)17-23-12-5-4-6-13-23/h2,10-11,16,20H,1,3-9,12-15,17-18H2/t20-/m1/s1. The Hall–Kier alpha value is -1.39. The lowest BCUT2D eigenvalue weighted by molar-refractivity contribution is 0.134. The van der Waals surface area contributed by atoms with Crippen LogP contribution in [0.2, 0.25) is 0 Å². The molecule has 2 aliphatic rings. The maximum absolute atomic E-state index is 6.21. The van der Waals surface area contributed by atoms with Gasteiger partial charge in [-0.2, -0.15) is 0 Å². The Morgan fingerprint density at radius 2 is 1.76 bits per heavy atom. The maximum Gasteiger partial charge on any atom is 0.213 e. The van der Waals surface area contributed by atoms with Crippen LogP contribution in [-0.2, 0) is 6.54 Å². The molecule has 0 aliphatic carbocycles. The fraction of sp³-hybridized carbons (Fsp3) is 0.667. The molecule has 2 saturated heterocycles. The highest BCUT2D eigenvalue weighted by atomic mass is 16.5. The molecule has 2 fully saturated rings. The number of piperidine rings is 1. The van der Waals surface area contributed by atoms with E-state index in [0.717, 1.165) is 31.8 Å². The Kier molecular flexibility index (Phi) is 7.31. The van der Waals surface area contributed by atoms with E-state index in [2.05, 4.69) is 27.4 Å². The van der Waals surface area contributed by atoms with Gasteiger partial charge < -0.3 is 4.74 Å². The van der Waals surface area contributed by atoms with Crippen LogP contribution < -0.4 is 4.74 Å². The fourth-order valence-electron chi connectivity index (χ4n) is 3.87. The van der Waals surface area contributed by atoms with Crippen LogP contribution in [0.15, 0.2) is 31.0 Å². The number of hydrogen-bond donors (Lipinski definition) is 0. The molecule has 0 bridgehead atoms. The van der Waals surface area contributed by atoms with Crippen molar-refractivity contribution >= 4 is 0 Å². The van der Waals surface area contributed by atoms with Crippen LogP contribution in [0.25, 0.3) is 0 Å². The lowest BCUT2D eigenvalue weighted by atomic mass is 10.1. The normalized spacial score (nSPS) is 20.5. The van der Waals surface area contributed by atoms with Gasteiger partial charge >= 0.3 is 0 Å². The molecule has 4 nitrogen and oxygen atoms in total. The van der Waals surface area contributed by atoms with Gasteiger partial charge in [0.1, 0.15) is 6.10 Å². The lowest BCUT2D eigenvalue weighted by Gasteiger charge is -2.26. The van der Waals surface area contributed by atoms with E-state index in [0.29, 0.717) is 0 Å². The second kappa shape index (κ2) is 9.93. The zero-order valence-corrected chi connectivity index (χ0v) is 15.5. The van der Waals surface area contributed by atoms with Crippen LogP contribution in [0.3, 0.4) is 0 Å². The first-order valence-corrected chi connectivity index (χ1v) is 10.0. The second-order valence-corrected chi connectivity index (χ2v) is 7.46. The summed E-state index contributed by atoms with van der Waals surface area (Å²) < 4.78 is 6.21.